The Labute approximate surface area is 118 Å². The molecule has 0 atom stereocenters. The minimum Gasteiger partial charge on any atom is -0.485 e. The van der Waals surface area contributed by atoms with Crippen LogP contribution in [0.4, 0.5) is 0 Å². The van der Waals surface area contributed by atoms with Gasteiger partial charge in [0, 0.05) is 18.8 Å². The lowest BCUT2D eigenvalue weighted by Gasteiger charge is -2.06. The van der Waals surface area contributed by atoms with Gasteiger partial charge in [-0.1, -0.05) is 25.8 Å². The molecule has 0 aliphatic heterocycles. The van der Waals surface area contributed by atoms with Crippen molar-refractivity contribution in [3.05, 3.63) is 29.3 Å². The Kier molecular flexibility index (Phi) is 8.09. The van der Waals surface area contributed by atoms with Gasteiger partial charge in [-0.15, -0.1) is 0 Å². The van der Waals surface area contributed by atoms with Crippen LogP contribution in [-0.2, 0) is 11.2 Å². The first-order valence-electron chi connectivity index (χ1n) is 7.42. The van der Waals surface area contributed by atoms with Crippen LogP contribution in [0.5, 0.6) is 5.75 Å². The number of ether oxygens (including phenoxy) is 2. The van der Waals surface area contributed by atoms with E-state index in [-0.39, 0.29) is 0 Å². The number of aryl methyl sites for hydroxylation is 1. The molecule has 0 saturated heterocycles. The molecule has 2 nitrogen and oxygen atoms in total. The first-order valence-corrected chi connectivity index (χ1v) is 7.42. The molecule has 1 rings (SSSR count). The van der Waals surface area contributed by atoms with Crippen molar-refractivity contribution in [2.45, 2.75) is 52.9 Å². The van der Waals surface area contributed by atoms with Crippen LogP contribution < -0.4 is 4.74 Å². The van der Waals surface area contributed by atoms with E-state index in [0.717, 1.165) is 44.8 Å². The molecule has 0 radical (unpaired) electrons. The van der Waals surface area contributed by atoms with Gasteiger partial charge in [-0.05, 0) is 50.8 Å². The quantitative estimate of drug-likeness (QED) is 0.590. The van der Waals surface area contributed by atoms with E-state index in [1.807, 2.05) is 6.92 Å². The molecule has 0 fully saturated rings. The average Bonchev–Trinajstić information content (AvgIpc) is 2.42. The van der Waals surface area contributed by atoms with Gasteiger partial charge >= 0.3 is 0 Å². The maximum Gasteiger partial charge on any atom is 0.170 e. The summed E-state index contributed by atoms with van der Waals surface area (Å²) in [6.45, 7) is 8.72. The molecular formula is C17H26O2. The van der Waals surface area contributed by atoms with E-state index in [4.69, 9.17) is 9.47 Å². The lowest BCUT2D eigenvalue weighted by molar-refractivity contribution is 0.145. The topological polar surface area (TPSA) is 18.5 Å². The molecule has 2 heteroatoms. The predicted molar refractivity (Wildman–Crippen MR) is 78.7 cm³/mol. The predicted octanol–water partition coefficient (Wildman–Crippen LogP) is 4.13. The summed E-state index contributed by atoms with van der Waals surface area (Å²) < 4.78 is 11.0. The van der Waals surface area contributed by atoms with E-state index in [1.165, 1.54) is 24.0 Å². The fourth-order valence-electron chi connectivity index (χ4n) is 1.92. The Morgan fingerprint density at radius 1 is 1.05 bits per heavy atom. The van der Waals surface area contributed by atoms with Crippen LogP contribution in [0.1, 0.15) is 50.7 Å². The highest BCUT2D eigenvalue weighted by molar-refractivity contribution is 5.29. The summed E-state index contributed by atoms with van der Waals surface area (Å²) in [7, 11) is 0. The molecule has 0 aliphatic carbocycles. The van der Waals surface area contributed by atoms with Crippen LogP contribution in [0.25, 0.3) is 0 Å². The van der Waals surface area contributed by atoms with Gasteiger partial charge in [0.25, 0.3) is 0 Å². The highest BCUT2D eigenvalue weighted by atomic mass is 16.5. The second-order valence-electron chi connectivity index (χ2n) is 4.78. The zero-order valence-corrected chi connectivity index (χ0v) is 12.6. The van der Waals surface area contributed by atoms with Gasteiger partial charge in [0.15, 0.2) is 5.75 Å². The van der Waals surface area contributed by atoms with Crippen LogP contribution in [0.15, 0.2) is 6.07 Å². The second kappa shape index (κ2) is 9.69. The van der Waals surface area contributed by atoms with Crippen molar-refractivity contribution >= 4 is 0 Å². The molecule has 0 spiro atoms. The van der Waals surface area contributed by atoms with Crippen molar-refractivity contribution < 1.29 is 9.47 Å². The lowest BCUT2D eigenvalue weighted by atomic mass is 10.1. The van der Waals surface area contributed by atoms with Crippen LogP contribution in [0, 0.1) is 19.1 Å². The Balaban J connectivity index is 2.36. The summed E-state index contributed by atoms with van der Waals surface area (Å²) in [5.74, 6) is 0.821. The smallest absolute Gasteiger partial charge is 0.170 e. The maximum absolute atomic E-state index is 5.68. The third-order valence-electron chi connectivity index (χ3n) is 3.09. The van der Waals surface area contributed by atoms with Gasteiger partial charge in [-0.2, -0.15) is 0 Å². The molecule has 0 saturated carbocycles. The van der Waals surface area contributed by atoms with Gasteiger partial charge in [-0.25, -0.2) is 0 Å². The minimum absolute atomic E-state index is 0.779. The summed E-state index contributed by atoms with van der Waals surface area (Å²) in [5, 5.41) is 0. The highest BCUT2D eigenvalue weighted by Crippen LogP contribution is 2.14. The second-order valence-corrected chi connectivity index (χ2v) is 4.78. The van der Waals surface area contributed by atoms with Crippen LogP contribution >= 0.6 is 0 Å². The number of unbranched alkanes of at least 4 members (excludes halogenated alkanes) is 2. The van der Waals surface area contributed by atoms with Gasteiger partial charge < -0.3 is 9.47 Å². The van der Waals surface area contributed by atoms with Crippen molar-refractivity contribution in [1.29, 1.82) is 0 Å². The first kappa shape index (κ1) is 15.9. The molecule has 0 aromatic heterocycles. The fourth-order valence-corrected chi connectivity index (χ4v) is 1.92. The van der Waals surface area contributed by atoms with Crippen molar-refractivity contribution in [2.24, 2.45) is 0 Å². The monoisotopic (exact) mass is 262 g/mol. The SMILES string of the molecule is CCCCCOc1c#cc(CCCOCC)c(C)c1. The van der Waals surface area contributed by atoms with Gasteiger partial charge in [0.05, 0.1) is 6.61 Å². The molecule has 0 amide bonds. The van der Waals surface area contributed by atoms with Crippen molar-refractivity contribution in [3.8, 4) is 5.75 Å². The van der Waals surface area contributed by atoms with Gasteiger partial charge in [0.1, 0.15) is 0 Å². The van der Waals surface area contributed by atoms with Crippen LogP contribution in [0.3, 0.4) is 0 Å². The lowest BCUT2D eigenvalue weighted by Crippen LogP contribution is -1.99. The number of hydrogen-bond donors (Lipinski definition) is 0. The van der Waals surface area contributed by atoms with E-state index < -0.39 is 0 Å². The van der Waals surface area contributed by atoms with Gasteiger partial charge in [0.2, 0.25) is 0 Å². The number of hydrogen-bond acceptors (Lipinski definition) is 2. The van der Waals surface area contributed by atoms with Crippen LogP contribution in [0.2, 0.25) is 0 Å². The third kappa shape index (κ3) is 6.50. The summed E-state index contributed by atoms with van der Waals surface area (Å²) in [4.78, 5) is 0. The molecule has 0 heterocycles. The maximum atomic E-state index is 5.68. The summed E-state index contributed by atoms with van der Waals surface area (Å²) >= 11 is 0. The average molecular weight is 262 g/mol. The molecule has 0 unspecified atom stereocenters. The molecular weight excluding hydrogens is 236 g/mol. The van der Waals surface area contributed by atoms with Crippen molar-refractivity contribution in [1.82, 2.24) is 0 Å². The van der Waals surface area contributed by atoms with E-state index in [0.29, 0.717) is 0 Å². The third-order valence-corrected chi connectivity index (χ3v) is 3.09. The highest BCUT2D eigenvalue weighted by Gasteiger charge is 2.00. The van der Waals surface area contributed by atoms with Crippen LogP contribution in [-0.4, -0.2) is 19.8 Å². The summed E-state index contributed by atoms with van der Waals surface area (Å²) in [6, 6.07) is 8.39. The van der Waals surface area contributed by atoms with Crippen molar-refractivity contribution in [2.75, 3.05) is 19.8 Å². The Morgan fingerprint density at radius 2 is 1.89 bits per heavy atom. The molecule has 1 aromatic rings. The van der Waals surface area contributed by atoms with Crippen molar-refractivity contribution in [3.63, 3.8) is 0 Å². The summed E-state index contributed by atoms with van der Waals surface area (Å²) in [6.07, 6.45) is 5.59. The van der Waals surface area contributed by atoms with E-state index in [2.05, 4.69) is 32.0 Å². The van der Waals surface area contributed by atoms with E-state index in [1.54, 1.807) is 0 Å². The van der Waals surface area contributed by atoms with Gasteiger partial charge in [-0.3, -0.25) is 0 Å². The molecule has 19 heavy (non-hydrogen) atoms. The Hall–Kier alpha value is -1.20. The molecule has 106 valence electrons. The van der Waals surface area contributed by atoms with E-state index in [9.17, 15) is 0 Å². The van der Waals surface area contributed by atoms with E-state index >= 15 is 0 Å². The number of rotatable bonds is 10. The Bertz CT molecular complexity index is 347. The molecule has 0 aliphatic rings. The molecule has 1 aromatic carbocycles. The Morgan fingerprint density at radius 3 is 2.58 bits per heavy atom. The standard InChI is InChI=1S/C17H26O2/c1-4-6-7-13-19-17-11-10-16(15(3)14-17)9-8-12-18-5-2/h14H,4-9,12-13H2,1-3H3. The minimum atomic E-state index is 0.779. The largest absolute Gasteiger partial charge is 0.485 e. The first-order chi connectivity index (χ1) is 9.27. The zero-order valence-electron chi connectivity index (χ0n) is 12.6. The fraction of sp³-hybridized carbons (Fsp3) is 0.647. The summed E-state index contributed by atoms with van der Waals surface area (Å²) in [5.41, 5.74) is 2.46. The normalized spacial score (nSPS) is 10.3. The zero-order chi connectivity index (χ0) is 13.9. The molecule has 0 N–H and O–H groups in total. The molecule has 0 bridgehead atoms.